The van der Waals surface area contributed by atoms with Gasteiger partial charge < -0.3 is 4.74 Å². The number of fused-ring (bicyclic) bond motifs is 1. The summed E-state index contributed by atoms with van der Waals surface area (Å²) in [5.74, 6) is -0.0756. The van der Waals surface area contributed by atoms with Crippen molar-refractivity contribution in [3.8, 4) is 5.75 Å². The van der Waals surface area contributed by atoms with E-state index in [4.69, 9.17) is 4.74 Å². The van der Waals surface area contributed by atoms with Gasteiger partial charge in [-0.05, 0) is 61.9 Å². The third-order valence-corrected chi connectivity index (χ3v) is 5.69. The molecule has 1 saturated heterocycles. The number of nitrogens with zero attached hydrogens (tertiary/aromatic N) is 4. The van der Waals surface area contributed by atoms with Crippen LogP contribution in [0.1, 0.15) is 29.8 Å². The minimum atomic E-state index is -0.474. The fourth-order valence-electron chi connectivity index (χ4n) is 3.77. The molecule has 1 aromatic heterocycles. The van der Waals surface area contributed by atoms with Crippen LogP contribution in [-0.2, 0) is 11.3 Å². The normalized spacial score (nSPS) is 15.0. The molecule has 33 heavy (non-hydrogen) atoms. The number of benzene rings is 3. The fourth-order valence-corrected chi connectivity index (χ4v) is 3.77. The average Bonchev–Trinajstić information content (AvgIpc) is 3.34. The molecule has 3 aromatic carbocycles. The van der Waals surface area contributed by atoms with Gasteiger partial charge in [0.15, 0.2) is 0 Å². The molecular weight excluding hydrogens is 418 g/mol. The number of ether oxygens (including phenoxy) is 1. The van der Waals surface area contributed by atoms with Gasteiger partial charge in [-0.3, -0.25) is 15.2 Å². The van der Waals surface area contributed by atoms with Crippen LogP contribution in [0.3, 0.4) is 0 Å². The summed E-state index contributed by atoms with van der Waals surface area (Å²) in [7, 11) is 0. The van der Waals surface area contributed by atoms with Crippen molar-refractivity contribution in [1.29, 1.82) is 0 Å². The van der Waals surface area contributed by atoms with Crippen molar-refractivity contribution >= 4 is 28.6 Å². The molecule has 0 radical (unpaired) electrons. The molecule has 8 nitrogen and oxygen atoms in total. The van der Waals surface area contributed by atoms with Crippen molar-refractivity contribution in [3.05, 3.63) is 83.9 Å². The van der Waals surface area contributed by atoms with E-state index < -0.39 is 11.4 Å². The average molecular weight is 441 g/mol. The van der Waals surface area contributed by atoms with E-state index in [2.05, 4.69) is 15.7 Å². The van der Waals surface area contributed by atoms with Gasteiger partial charge in [-0.25, -0.2) is 9.48 Å². The molecule has 1 amide bonds. The summed E-state index contributed by atoms with van der Waals surface area (Å²) in [4.78, 5) is 24.7. The van der Waals surface area contributed by atoms with E-state index in [-0.39, 0.29) is 5.91 Å². The topological polar surface area (TPSA) is 89.3 Å². The van der Waals surface area contributed by atoms with E-state index in [1.165, 1.54) is 0 Å². The first-order valence-electron chi connectivity index (χ1n) is 10.7. The van der Waals surface area contributed by atoms with Gasteiger partial charge in [0.05, 0.1) is 35.3 Å². The minimum absolute atomic E-state index is 0.0194. The number of anilines is 1. The maximum absolute atomic E-state index is 12.7. The number of esters is 1. The zero-order valence-corrected chi connectivity index (χ0v) is 18.4. The van der Waals surface area contributed by atoms with Crippen LogP contribution in [0.15, 0.2) is 72.8 Å². The van der Waals surface area contributed by atoms with Gasteiger partial charge in [0.1, 0.15) is 11.3 Å². The Morgan fingerprint density at radius 1 is 1.06 bits per heavy atom. The predicted octanol–water partition coefficient (Wildman–Crippen LogP) is 3.58. The molecule has 0 atom stereocenters. The Bertz CT molecular complexity index is 1330. The first-order valence-corrected chi connectivity index (χ1v) is 10.7. The number of nitrogens with one attached hydrogen (secondary N) is 1. The number of hydrogen-bond donors (Lipinski definition) is 1. The van der Waals surface area contributed by atoms with Crippen molar-refractivity contribution in [1.82, 2.24) is 20.4 Å². The first-order chi connectivity index (χ1) is 15.9. The second-order valence-corrected chi connectivity index (χ2v) is 8.73. The van der Waals surface area contributed by atoms with E-state index in [0.29, 0.717) is 29.9 Å². The molecule has 0 saturated carbocycles. The first kappa shape index (κ1) is 20.7. The summed E-state index contributed by atoms with van der Waals surface area (Å²) in [6, 6.07) is 22.3. The van der Waals surface area contributed by atoms with E-state index in [1.54, 1.807) is 34.0 Å². The van der Waals surface area contributed by atoms with E-state index in [0.717, 1.165) is 16.8 Å². The lowest BCUT2D eigenvalue weighted by Crippen LogP contribution is -2.33. The number of carbonyl (C=O) groups is 2. The Labute approximate surface area is 190 Å². The van der Waals surface area contributed by atoms with Gasteiger partial charge in [-0.15, -0.1) is 5.10 Å². The Morgan fingerprint density at radius 3 is 2.52 bits per heavy atom. The maximum atomic E-state index is 12.7. The second-order valence-electron chi connectivity index (χ2n) is 8.73. The summed E-state index contributed by atoms with van der Waals surface area (Å²) < 4.78 is 7.33. The summed E-state index contributed by atoms with van der Waals surface area (Å²) >= 11 is 0. The molecule has 1 aliphatic rings. The lowest BCUT2D eigenvalue weighted by atomic mass is 9.94. The Hall–Kier alpha value is -4.20. The second kappa shape index (κ2) is 8.05. The highest BCUT2D eigenvalue weighted by molar-refractivity contribution is 5.94. The Morgan fingerprint density at radius 2 is 1.82 bits per heavy atom. The molecular formula is C25H23N5O3. The molecule has 4 aromatic rings. The monoisotopic (exact) mass is 441 g/mol. The van der Waals surface area contributed by atoms with Crippen LogP contribution >= 0.6 is 0 Å². The van der Waals surface area contributed by atoms with Gasteiger partial charge in [-0.2, -0.15) is 0 Å². The van der Waals surface area contributed by atoms with Gasteiger partial charge in [0, 0.05) is 0 Å². The zero-order chi connectivity index (χ0) is 23.0. The van der Waals surface area contributed by atoms with Crippen molar-refractivity contribution in [2.75, 3.05) is 11.6 Å². The maximum Gasteiger partial charge on any atom is 0.343 e. The third-order valence-electron chi connectivity index (χ3n) is 5.69. The quantitative estimate of drug-likeness (QED) is 0.376. The molecule has 5 rings (SSSR count). The number of amides is 1. The lowest BCUT2D eigenvalue weighted by molar-refractivity contribution is -0.125. The zero-order valence-electron chi connectivity index (χ0n) is 18.4. The van der Waals surface area contributed by atoms with Crippen LogP contribution in [-0.4, -0.2) is 33.4 Å². The molecule has 0 spiro atoms. The predicted molar refractivity (Wildman–Crippen MR) is 124 cm³/mol. The fraction of sp³-hybridized carbons (Fsp3) is 0.200. The van der Waals surface area contributed by atoms with Crippen LogP contribution in [0.5, 0.6) is 5.75 Å². The van der Waals surface area contributed by atoms with Crippen LogP contribution < -0.4 is 15.2 Å². The standard InChI is InChI=1S/C25H23N5O3/c1-25(2)16-30(27-24(25)32)19-9-11-20(12-10-19)33-23(31)18-8-13-22-21(14-18)26-28-29(22)15-17-6-4-3-5-7-17/h3-14H,15-16H2,1-2H3,(H,27,32). The van der Waals surface area contributed by atoms with Crippen LogP contribution in [0.4, 0.5) is 5.69 Å². The lowest BCUT2D eigenvalue weighted by Gasteiger charge is -2.19. The van der Waals surface area contributed by atoms with Gasteiger partial charge in [-0.1, -0.05) is 35.5 Å². The van der Waals surface area contributed by atoms with Crippen molar-refractivity contribution in [2.24, 2.45) is 5.41 Å². The SMILES string of the molecule is CC1(C)CN(c2ccc(OC(=O)c3ccc4c(c3)nnn4Cc3ccccc3)cc2)NC1=O. The summed E-state index contributed by atoms with van der Waals surface area (Å²) in [6.07, 6.45) is 0. The van der Waals surface area contributed by atoms with E-state index >= 15 is 0 Å². The van der Waals surface area contributed by atoms with Gasteiger partial charge in [0.25, 0.3) is 0 Å². The van der Waals surface area contributed by atoms with Crippen molar-refractivity contribution in [3.63, 3.8) is 0 Å². The molecule has 166 valence electrons. The molecule has 1 fully saturated rings. The number of carbonyl (C=O) groups excluding carboxylic acids is 2. The van der Waals surface area contributed by atoms with Crippen LogP contribution in [0, 0.1) is 5.41 Å². The molecule has 0 aliphatic carbocycles. The molecule has 1 aliphatic heterocycles. The molecule has 2 heterocycles. The Kier molecular flexibility index (Phi) is 5.05. The highest BCUT2D eigenvalue weighted by Gasteiger charge is 2.38. The van der Waals surface area contributed by atoms with E-state index in [9.17, 15) is 9.59 Å². The highest BCUT2D eigenvalue weighted by Crippen LogP contribution is 2.28. The summed E-state index contributed by atoms with van der Waals surface area (Å²) in [5.41, 5.74) is 6.21. The van der Waals surface area contributed by atoms with Crippen molar-refractivity contribution < 1.29 is 14.3 Å². The van der Waals surface area contributed by atoms with Crippen LogP contribution in [0.2, 0.25) is 0 Å². The van der Waals surface area contributed by atoms with Crippen LogP contribution in [0.25, 0.3) is 11.0 Å². The molecule has 8 heteroatoms. The smallest absolute Gasteiger partial charge is 0.343 e. The molecule has 1 N–H and O–H groups in total. The van der Waals surface area contributed by atoms with Gasteiger partial charge >= 0.3 is 5.97 Å². The summed E-state index contributed by atoms with van der Waals surface area (Å²) in [5, 5.41) is 10.2. The number of aromatic nitrogens is 3. The number of hydrogen-bond acceptors (Lipinski definition) is 6. The molecule has 0 bridgehead atoms. The Balaban J connectivity index is 1.28. The number of hydrazine groups is 1. The van der Waals surface area contributed by atoms with E-state index in [1.807, 2.05) is 62.4 Å². The largest absolute Gasteiger partial charge is 0.423 e. The molecule has 0 unspecified atom stereocenters. The number of rotatable bonds is 5. The summed E-state index contributed by atoms with van der Waals surface area (Å²) in [6.45, 7) is 4.96. The van der Waals surface area contributed by atoms with Crippen molar-refractivity contribution in [2.45, 2.75) is 20.4 Å². The third kappa shape index (κ3) is 4.15. The highest BCUT2D eigenvalue weighted by atomic mass is 16.5. The van der Waals surface area contributed by atoms with Gasteiger partial charge in [0.2, 0.25) is 5.91 Å². The minimum Gasteiger partial charge on any atom is -0.423 e.